The normalized spacial score (nSPS) is 11.7. The van der Waals surface area contributed by atoms with Crippen molar-refractivity contribution in [1.29, 1.82) is 0 Å². The molecular weight excluding hydrogens is 233 g/mol. The predicted octanol–water partition coefficient (Wildman–Crippen LogP) is 2.30. The van der Waals surface area contributed by atoms with Gasteiger partial charge in [0.1, 0.15) is 24.5 Å². The third-order valence-corrected chi connectivity index (χ3v) is 2.18. The van der Waals surface area contributed by atoms with Crippen molar-refractivity contribution < 1.29 is 13.2 Å². The van der Waals surface area contributed by atoms with Crippen LogP contribution >= 0.6 is 0 Å². The molecule has 1 aromatic rings. The summed E-state index contributed by atoms with van der Waals surface area (Å²) in [5.41, 5.74) is 0. The first-order valence-corrected chi connectivity index (χ1v) is 5.16. The van der Waals surface area contributed by atoms with Gasteiger partial charge in [-0.1, -0.05) is 0 Å². The number of hydrogen-bond acceptors (Lipinski definition) is 4. The standard InChI is InChI=1S/C10H15F3N4/c1-7(2)17(5-10(11,12)13)9-4-8(14-3)15-6-16-9/h4,6-7H,5H2,1-3H3,(H,14,15,16). The molecule has 0 bridgehead atoms. The van der Waals surface area contributed by atoms with Crippen LogP contribution in [0.5, 0.6) is 0 Å². The number of halogens is 3. The van der Waals surface area contributed by atoms with E-state index in [2.05, 4.69) is 15.3 Å². The SMILES string of the molecule is CNc1cc(N(CC(F)(F)F)C(C)C)ncn1. The lowest BCUT2D eigenvalue weighted by Crippen LogP contribution is -2.39. The van der Waals surface area contributed by atoms with Crippen LogP contribution in [0.15, 0.2) is 12.4 Å². The van der Waals surface area contributed by atoms with Crippen molar-refractivity contribution >= 4 is 11.6 Å². The van der Waals surface area contributed by atoms with E-state index >= 15 is 0 Å². The first-order chi connectivity index (χ1) is 7.83. The first-order valence-electron chi connectivity index (χ1n) is 5.16. The van der Waals surface area contributed by atoms with Crippen LogP contribution in [0.4, 0.5) is 24.8 Å². The maximum Gasteiger partial charge on any atom is 0.405 e. The molecule has 0 spiro atoms. The van der Waals surface area contributed by atoms with Crippen LogP contribution in [0.2, 0.25) is 0 Å². The minimum atomic E-state index is -4.25. The maximum atomic E-state index is 12.4. The van der Waals surface area contributed by atoms with Crippen molar-refractivity contribution in [2.45, 2.75) is 26.1 Å². The average molecular weight is 248 g/mol. The molecule has 0 atom stereocenters. The Kier molecular flexibility index (Phi) is 4.14. The second-order valence-electron chi connectivity index (χ2n) is 3.85. The van der Waals surface area contributed by atoms with Crippen molar-refractivity contribution in [1.82, 2.24) is 9.97 Å². The van der Waals surface area contributed by atoms with Gasteiger partial charge in [0.05, 0.1) is 0 Å². The molecule has 96 valence electrons. The zero-order valence-electron chi connectivity index (χ0n) is 9.91. The molecule has 7 heteroatoms. The average Bonchev–Trinajstić information content (AvgIpc) is 2.24. The Hall–Kier alpha value is -1.53. The van der Waals surface area contributed by atoms with Gasteiger partial charge in [-0.15, -0.1) is 0 Å². The third kappa shape index (κ3) is 4.08. The molecule has 0 fully saturated rings. The van der Waals surface area contributed by atoms with Gasteiger partial charge in [-0.3, -0.25) is 0 Å². The van der Waals surface area contributed by atoms with Crippen molar-refractivity contribution in [2.75, 3.05) is 23.8 Å². The minimum Gasteiger partial charge on any atom is -0.373 e. The molecule has 0 unspecified atom stereocenters. The minimum absolute atomic E-state index is 0.261. The first kappa shape index (κ1) is 13.5. The molecule has 4 nitrogen and oxygen atoms in total. The molecule has 1 N–H and O–H groups in total. The van der Waals surface area contributed by atoms with Gasteiger partial charge in [0, 0.05) is 19.2 Å². The van der Waals surface area contributed by atoms with Crippen molar-refractivity contribution in [2.24, 2.45) is 0 Å². The highest BCUT2D eigenvalue weighted by Crippen LogP contribution is 2.23. The van der Waals surface area contributed by atoms with E-state index in [1.807, 2.05) is 0 Å². The van der Waals surface area contributed by atoms with Gasteiger partial charge in [0.25, 0.3) is 0 Å². The van der Waals surface area contributed by atoms with E-state index in [-0.39, 0.29) is 11.9 Å². The molecular formula is C10H15F3N4. The van der Waals surface area contributed by atoms with E-state index in [9.17, 15) is 13.2 Å². The summed E-state index contributed by atoms with van der Waals surface area (Å²) in [7, 11) is 1.65. The van der Waals surface area contributed by atoms with Gasteiger partial charge in [0.2, 0.25) is 0 Å². The van der Waals surface area contributed by atoms with Crippen LogP contribution in [0.3, 0.4) is 0 Å². The molecule has 0 aromatic carbocycles. The predicted molar refractivity (Wildman–Crippen MR) is 60.1 cm³/mol. The highest BCUT2D eigenvalue weighted by Gasteiger charge is 2.32. The highest BCUT2D eigenvalue weighted by atomic mass is 19.4. The summed E-state index contributed by atoms with van der Waals surface area (Å²) < 4.78 is 37.3. The molecule has 0 aliphatic carbocycles. The molecule has 17 heavy (non-hydrogen) atoms. The van der Waals surface area contributed by atoms with Crippen LogP contribution < -0.4 is 10.2 Å². The lowest BCUT2D eigenvalue weighted by Gasteiger charge is -2.28. The number of alkyl halides is 3. The second kappa shape index (κ2) is 5.20. The number of rotatable bonds is 4. The number of anilines is 2. The molecule has 0 saturated heterocycles. The summed E-state index contributed by atoms with van der Waals surface area (Å²) in [5, 5.41) is 2.76. The fraction of sp³-hybridized carbons (Fsp3) is 0.600. The molecule has 1 aromatic heterocycles. The number of aromatic nitrogens is 2. The topological polar surface area (TPSA) is 41.0 Å². The van der Waals surface area contributed by atoms with Gasteiger partial charge >= 0.3 is 6.18 Å². The fourth-order valence-electron chi connectivity index (χ4n) is 1.36. The molecule has 0 aliphatic rings. The van der Waals surface area contributed by atoms with Crippen LogP contribution in [-0.2, 0) is 0 Å². The van der Waals surface area contributed by atoms with Crippen molar-refractivity contribution in [3.8, 4) is 0 Å². The van der Waals surface area contributed by atoms with Crippen LogP contribution in [0, 0.1) is 0 Å². The quantitative estimate of drug-likeness (QED) is 0.887. The summed E-state index contributed by atoms with van der Waals surface area (Å²) >= 11 is 0. The Morgan fingerprint density at radius 3 is 2.47 bits per heavy atom. The van der Waals surface area contributed by atoms with Gasteiger partial charge in [-0.25, -0.2) is 9.97 Å². The van der Waals surface area contributed by atoms with E-state index in [1.54, 1.807) is 20.9 Å². The van der Waals surface area contributed by atoms with E-state index in [0.717, 1.165) is 0 Å². The fourth-order valence-corrected chi connectivity index (χ4v) is 1.36. The highest BCUT2D eigenvalue weighted by molar-refractivity contribution is 5.48. The lowest BCUT2D eigenvalue weighted by atomic mass is 10.3. The lowest BCUT2D eigenvalue weighted by molar-refractivity contribution is -0.120. The third-order valence-electron chi connectivity index (χ3n) is 2.18. The molecule has 1 rings (SSSR count). The Labute approximate surface area is 97.9 Å². The van der Waals surface area contributed by atoms with E-state index in [4.69, 9.17) is 0 Å². The zero-order valence-corrected chi connectivity index (χ0v) is 9.91. The summed E-state index contributed by atoms with van der Waals surface area (Å²) in [4.78, 5) is 8.92. The Morgan fingerprint density at radius 1 is 1.35 bits per heavy atom. The van der Waals surface area contributed by atoms with Gasteiger partial charge in [-0.2, -0.15) is 13.2 Å². The van der Waals surface area contributed by atoms with E-state index in [1.165, 1.54) is 17.3 Å². The molecule has 0 radical (unpaired) electrons. The van der Waals surface area contributed by atoms with Crippen LogP contribution in [0.25, 0.3) is 0 Å². The summed E-state index contributed by atoms with van der Waals surface area (Å²) in [6.45, 7) is 2.35. The number of nitrogens with one attached hydrogen (secondary N) is 1. The largest absolute Gasteiger partial charge is 0.405 e. The van der Waals surface area contributed by atoms with Gasteiger partial charge in [0.15, 0.2) is 0 Å². The Balaban J connectivity index is 2.97. The zero-order chi connectivity index (χ0) is 13.1. The van der Waals surface area contributed by atoms with E-state index in [0.29, 0.717) is 5.82 Å². The smallest absolute Gasteiger partial charge is 0.373 e. The number of nitrogens with zero attached hydrogens (tertiary/aromatic N) is 3. The van der Waals surface area contributed by atoms with E-state index < -0.39 is 12.7 Å². The summed E-state index contributed by atoms with van der Waals surface area (Å²) in [6.07, 6.45) is -3.01. The molecule has 0 saturated carbocycles. The Morgan fingerprint density at radius 2 is 2.00 bits per heavy atom. The second-order valence-corrected chi connectivity index (χ2v) is 3.85. The summed E-state index contributed by atoms with van der Waals surface area (Å²) in [6, 6.07) is 1.20. The molecule has 0 aliphatic heterocycles. The number of hydrogen-bond donors (Lipinski definition) is 1. The summed E-state index contributed by atoms with van der Waals surface area (Å²) in [5.74, 6) is 0.750. The van der Waals surface area contributed by atoms with Gasteiger partial charge < -0.3 is 10.2 Å². The van der Waals surface area contributed by atoms with Crippen LogP contribution in [0.1, 0.15) is 13.8 Å². The Bertz CT molecular complexity index is 365. The molecule has 0 amide bonds. The maximum absolute atomic E-state index is 12.4. The molecule has 1 heterocycles. The van der Waals surface area contributed by atoms with Gasteiger partial charge in [-0.05, 0) is 13.8 Å². The monoisotopic (exact) mass is 248 g/mol. The van der Waals surface area contributed by atoms with Crippen molar-refractivity contribution in [3.63, 3.8) is 0 Å². The van der Waals surface area contributed by atoms with Crippen LogP contribution in [-0.4, -0.2) is 35.8 Å². The van der Waals surface area contributed by atoms with Crippen molar-refractivity contribution in [3.05, 3.63) is 12.4 Å².